The van der Waals surface area contributed by atoms with Crippen LogP contribution < -0.4 is 0 Å². The lowest BCUT2D eigenvalue weighted by Crippen LogP contribution is -2.11. The molecule has 0 fully saturated rings. The normalized spacial score (nSPS) is 10.3. The summed E-state index contributed by atoms with van der Waals surface area (Å²) in [6.45, 7) is 5.62. The van der Waals surface area contributed by atoms with Crippen molar-refractivity contribution in [1.82, 2.24) is 0 Å². The van der Waals surface area contributed by atoms with E-state index in [1.807, 2.05) is 0 Å². The zero-order valence-electron chi connectivity index (χ0n) is 9.07. The minimum absolute atomic E-state index is 0.202. The van der Waals surface area contributed by atoms with Crippen LogP contribution in [0.2, 0.25) is 0 Å². The van der Waals surface area contributed by atoms with Crippen LogP contribution in [0.5, 0.6) is 0 Å². The standard InChI is InChI=1S/C11H8F4NO/c1-4(2)16-11(17)6-9(14)7(12)5(3)8(13)10(6)15/h3H2,1-2H3. The maximum Gasteiger partial charge on any atom is 0.283 e. The van der Waals surface area contributed by atoms with E-state index >= 15 is 0 Å². The molecule has 91 valence electrons. The van der Waals surface area contributed by atoms with Crippen LogP contribution in [-0.2, 0) is 0 Å². The molecule has 0 aromatic heterocycles. The fraction of sp³-hybridized carbons (Fsp3) is 0.182. The molecule has 2 nitrogen and oxygen atoms in total. The molecule has 1 rings (SSSR count). The van der Waals surface area contributed by atoms with Crippen LogP contribution in [0.4, 0.5) is 17.6 Å². The van der Waals surface area contributed by atoms with Gasteiger partial charge in [-0.1, -0.05) is 0 Å². The van der Waals surface area contributed by atoms with Gasteiger partial charge in [0, 0.05) is 11.3 Å². The summed E-state index contributed by atoms with van der Waals surface area (Å²) in [5.74, 6) is -8.35. The minimum Gasteiger partial charge on any atom is -0.267 e. The van der Waals surface area contributed by atoms with Gasteiger partial charge in [0.05, 0.1) is 0 Å². The van der Waals surface area contributed by atoms with Crippen molar-refractivity contribution in [2.75, 3.05) is 0 Å². The van der Waals surface area contributed by atoms with Crippen LogP contribution in [0.1, 0.15) is 29.8 Å². The highest BCUT2D eigenvalue weighted by atomic mass is 19.2. The molecule has 0 aliphatic rings. The molecule has 0 N–H and O–H groups in total. The average molecular weight is 246 g/mol. The second-order valence-electron chi connectivity index (χ2n) is 3.47. The Bertz CT molecular complexity index is 490. The van der Waals surface area contributed by atoms with Crippen molar-refractivity contribution >= 4 is 11.6 Å². The number of aliphatic imine (C=N–C) groups is 1. The van der Waals surface area contributed by atoms with E-state index in [9.17, 15) is 22.4 Å². The summed E-state index contributed by atoms with van der Waals surface area (Å²) in [6, 6.07) is 0. The van der Waals surface area contributed by atoms with Crippen molar-refractivity contribution in [3.05, 3.63) is 41.3 Å². The average Bonchev–Trinajstić information content (AvgIpc) is 2.23. The molecule has 1 aromatic carbocycles. The molecule has 1 aromatic rings. The van der Waals surface area contributed by atoms with Gasteiger partial charge in [-0.05, 0) is 20.8 Å². The zero-order chi connectivity index (χ0) is 13.3. The topological polar surface area (TPSA) is 29.4 Å². The van der Waals surface area contributed by atoms with E-state index in [0.29, 0.717) is 0 Å². The summed E-state index contributed by atoms with van der Waals surface area (Å²) in [4.78, 5) is 14.5. The highest BCUT2D eigenvalue weighted by Gasteiger charge is 2.27. The van der Waals surface area contributed by atoms with Gasteiger partial charge >= 0.3 is 0 Å². The van der Waals surface area contributed by atoms with E-state index < -0.39 is 40.3 Å². The molecule has 6 heteroatoms. The van der Waals surface area contributed by atoms with Crippen molar-refractivity contribution in [3.8, 4) is 0 Å². The Kier molecular flexibility index (Phi) is 3.65. The van der Waals surface area contributed by atoms with Crippen LogP contribution in [-0.4, -0.2) is 11.6 Å². The van der Waals surface area contributed by atoms with Gasteiger partial charge in [0.2, 0.25) is 0 Å². The summed E-state index contributed by atoms with van der Waals surface area (Å²) in [5.41, 5.74) is -2.21. The Morgan fingerprint density at radius 3 is 1.76 bits per heavy atom. The first-order valence-corrected chi connectivity index (χ1v) is 4.51. The second kappa shape index (κ2) is 4.65. The van der Waals surface area contributed by atoms with Gasteiger partial charge in [0.25, 0.3) is 5.91 Å². The molecule has 0 aliphatic carbocycles. The fourth-order valence-electron chi connectivity index (χ4n) is 1.12. The monoisotopic (exact) mass is 246 g/mol. The fourth-order valence-corrected chi connectivity index (χ4v) is 1.12. The van der Waals surface area contributed by atoms with E-state index in [4.69, 9.17) is 0 Å². The van der Waals surface area contributed by atoms with Crippen molar-refractivity contribution in [2.45, 2.75) is 13.8 Å². The summed E-state index contributed by atoms with van der Waals surface area (Å²) in [6.07, 6.45) is 0. The quantitative estimate of drug-likeness (QED) is 0.425. The highest BCUT2D eigenvalue weighted by Crippen LogP contribution is 2.24. The number of hydrogen-bond donors (Lipinski definition) is 0. The molecule has 1 radical (unpaired) electrons. The molecule has 0 spiro atoms. The molecular weight excluding hydrogens is 238 g/mol. The van der Waals surface area contributed by atoms with Gasteiger partial charge < -0.3 is 0 Å². The van der Waals surface area contributed by atoms with Gasteiger partial charge in [-0.2, -0.15) is 0 Å². The van der Waals surface area contributed by atoms with E-state index in [1.54, 1.807) is 0 Å². The summed E-state index contributed by atoms with van der Waals surface area (Å²) >= 11 is 0. The summed E-state index contributed by atoms with van der Waals surface area (Å²) in [7, 11) is 0. The lowest BCUT2D eigenvalue weighted by molar-refractivity contribution is 0.0992. The van der Waals surface area contributed by atoms with Crippen LogP contribution in [0.3, 0.4) is 0 Å². The molecule has 0 bridgehead atoms. The van der Waals surface area contributed by atoms with E-state index in [-0.39, 0.29) is 5.71 Å². The SMILES string of the molecule is [CH2]c1c(F)c(F)c(C(=O)N=C(C)C)c(F)c1F. The number of amides is 1. The Labute approximate surface area is 95.0 Å². The Morgan fingerprint density at radius 1 is 1.00 bits per heavy atom. The predicted molar refractivity (Wildman–Crippen MR) is 53.8 cm³/mol. The highest BCUT2D eigenvalue weighted by molar-refractivity contribution is 6.03. The van der Waals surface area contributed by atoms with Gasteiger partial charge in [-0.25, -0.2) is 22.6 Å². The molecule has 0 saturated carbocycles. The van der Waals surface area contributed by atoms with Gasteiger partial charge in [-0.3, -0.25) is 4.79 Å². The lowest BCUT2D eigenvalue weighted by atomic mass is 10.1. The van der Waals surface area contributed by atoms with Crippen molar-refractivity contribution in [1.29, 1.82) is 0 Å². The maximum atomic E-state index is 13.3. The van der Waals surface area contributed by atoms with E-state index in [1.165, 1.54) is 13.8 Å². The molecule has 0 saturated heterocycles. The molecule has 1 amide bonds. The first-order chi connectivity index (χ1) is 7.77. The number of rotatable bonds is 1. The molecule has 0 heterocycles. The third kappa shape index (κ3) is 2.35. The Morgan fingerprint density at radius 2 is 1.41 bits per heavy atom. The zero-order valence-corrected chi connectivity index (χ0v) is 9.07. The Hall–Kier alpha value is -1.72. The number of nitrogens with zero attached hydrogens (tertiary/aromatic N) is 1. The number of carbonyl (C=O) groups excluding carboxylic acids is 1. The van der Waals surface area contributed by atoms with Gasteiger partial charge in [0.1, 0.15) is 5.56 Å². The van der Waals surface area contributed by atoms with Crippen LogP contribution in [0.25, 0.3) is 0 Å². The summed E-state index contributed by atoms with van der Waals surface area (Å²) < 4.78 is 52.8. The first-order valence-electron chi connectivity index (χ1n) is 4.51. The van der Waals surface area contributed by atoms with Crippen LogP contribution in [0.15, 0.2) is 4.99 Å². The smallest absolute Gasteiger partial charge is 0.267 e. The molecular formula is C11H8F4NO. The number of hydrogen-bond acceptors (Lipinski definition) is 1. The summed E-state index contributed by atoms with van der Waals surface area (Å²) in [5, 5.41) is 0. The molecule has 0 aliphatic heterocycles. The van der Waals surface area contributed by atoms with Crippen molar-refractivity contribution in [2.24, 2.45) is 4.99 Å². The van der Waals surface area contributed by atoms with E-state index in [2.05, 4.69) is 11.9 Å². The van der Waals surface area contributed by atoms with Gasteiger partial charge in [-0.15, -0.1) is 0 Å². The third-order valence-electron chi connectivity index (χ3n) is 1.89. The number of halogens is 4. The minimum atomic E-state index is -1.79. The molecule has 17 heavy (non-hydrogen) atoms. The largest absolute Gasteiger partial charge is 0.283 e. The Balaban J connectivity index is 3.55. The van der Waals surface area contributed by atoms with E-state index in [0.717, 1.165) is 0 Å². The van der Waals surface area contributed by atoms with Crippen LogP contribution >= 0.6 is 0 Å². The first kappa shape index (κ1) is 13.3. The second-order valence-corrected chi connectivity index (χ2v) is 3.47. The number of carbonyl (C=O) groups is 1. The molecule has 0 atom stereocenters. The van der Waals surface area contributed by atoms with Gasteiger partial charge in [0.15, 0.2) is 23.3 Å². The lowest BCUT2D eigenvalue weighted by Gasteiger charge is -2.06. The van der Waals surface area contributed by atoms with Crippen LogP contribution in [0, 0.1) is 30.2 Å². The maximum absolute atomic E-state index is 13.3. The van der Waals surface area contributed by atoms with Crippen molar-refractivity contribution in [3.63, 3.8) is 0 Å². The number of benzene rings is 1. The predicted octanol–water partition coefficient (Wildman–Crippen LogP) is 3.05. The van der Waals surface area contributed by atoms with Crippen molar-refractivity contribution < 1.29 is 22.4 Å². The third-order valence-corrected chi connectivity index (χ3v) is 1.89. The molecule has 0 unspecified atom stereocenters.